The van der Waals surface area contributed by atoms with Gasteiger partial charge in [-0.1, -0.05) is 36.4 Å². The quantitative estimate of drug-likeness (QED) is 0.757. The Balaban J connectivity index is 1.53. The van der Waals surface area contributed by atoms with Crippen LogP contribution in [0.1, 0.15) is 37.2 Å². The van der Waals surface area contributed by atoms with E-state index in [4.69, 9.17) is 0 Å². The number of amides is 2. The maximum absolute atomic E-state index is 12.9. The number of rotatable bonds is 5. The van der Waals surface area contributed by atoms with E-state index in [0.717, 1.165) is 18.7 Å². The van der Waals surface area contributed by atoms with Crippen LogP contribution in [-0.4, -0.2) is 26.5 Å². The first kappa shape index (κ1) is 16.6. The molecule has 1 N–H and O–H groups in total. The van der Waals surface area contributed by atoms with Crippen molar-refractivity contribution in [1.82, 2.24) is 19.8 Å². The average Bonchev–Trinajstić information content (AvgIpc) is 3.40. The van der Waals surface area contributed by atoms with Crippen LogP contribution in [0.4, 0.5) is 4.79 Å². The fourth-order valence-corrected chi connectivity index (χ4v) is 3.45. The Bertz CT molecular complexity index is 928. The molecule has 5 nitrogen and oxygen atoms in total. The van der Waals surface area contributed by atoms with E-state index < -0.39 is 0 Å². The third-order valence-electron chi connectivity index (χ3n) is 5.17. The molecule has 1 saturated carbocycles. The van der Waals surface area contributed by atoms with Crippen molar-refractivity contribution in [3.8, 4) is 0 Å². The smallest absolute Gasteiger partial charge is 0.318 e. The van der Waals surface area contributed by atoms with Crippen LogP contribution in [0.25, 0.3) is 10.8 Å². The van der Waals surface area contributed by atoms with Gasteiger partial charge in [-0.15, -0.1) is 0 Å². The van der Waals surface area contributed by atoms with Crippen LogP contribution < -0.4 is 5.32 Å². The molecule has 1 unspecified atom stereocenters. The van der Waals surface area contributed by atoms with Crippen molar-refractivity contribution in [2.75, 3.05) is 0 Å². The van der Waals surface area contributed by atoms with Gasteiger partial charge in [0.1, 0.15) is 5.82 Å². The van der Waals surface area contributed by atoms with Crippen molar-refractivity contribution in [3.63, 3.8) is 0 Å². The first-order valence-corrected chi connectivity index (χ1v) is 9.14. The van der Waals surface area contributed by atoms with E-state index in [1.165, 1.54) is 16.3 Å². The van der Waals surface area contributed by atoms with Gasteiger partial charge in [0.05, 0.1) is 12.6 Å². The molecule has 4 rings (SSSR count). The Morgan fingerprint density at radius 1 is 1.27 bits per heavy atom. The summed E-state index contributed by atoms with van der Waals surface area (Å²) in [5, 5.41) is 5.47. The fraction of sp³-hybridized carbons (Fsp3) is 0.333. The molecule has 5 heteroatoms. The van der Waals surface area contributed by atoms with Crippen molar-refractivity contribution < 1.29 is 4.79 Å². The van der Waals surface area contributed by atoms with Gasteiger partial charge in [-0.2, -0.15) is 0 Å². The molecule has 0 radical (unpaired) electrons. The summed E-state index contributed by atoms with van der Waals surface area (Å²) in [6, 6.07) is 15.1. The van der Waals surface area contributed by atoms with E-state index in [0.29, 0.717) is 12.6 Å². The molecule has 2 amide bonds. The molecule has 1 aliphatic rings. The van der Waals surface area contributed by atoms with Crippen LogP contribution >= 0.6 is 0 Å². The van der Waals surface area contributed by atoms with Crippen LogP contribution in [0.5, 0.6) is 0 Å². The van der Waals surface area contributed by atoms with Crippen molar-refractivity contribution in [2.24, 2.45) is 7.05 Å². The maximum Gasteiger partial charge on any atom is 0.318 e. The number of hydrogen-bond acceptors (Lipinski definition) is 2. The van der Waals surface area contributed by atoms with E-state index >= 15 is 0 Å². The number of hydrogen-bond donors (Lipinski definition) is 1. The fourth-order valence-electron chi connectivity index (χ4n) is 3.45. The summed E-state index contributed by atoms with van der Waals surface area (Å²) in [4.78, 5) is 19.2. The molecule has 134 valence electrons. The van der Waals surface area contributed by atoms with E-state index in [1.54, 1.807) is 6.20 Å². The average molecular weight is 348 g/mol. The summed E-state index contributed by atoms with van der Waals surface area (Å²) in [7, 11) is 1.94. The maximum atomic E-state index is 12.9. The van der Waals surface area contributed by atoms with E-state index in [2.05, 4.69) is 53.6 Å². The van der Waals surface area contributed by atoms with Gasteiger partial charge in [0.15, 0.2) is 0 Å². The molecular formula is C21H24N4O. The lowest BCUT2D eigenvalue weighted by atomic mass is 10.0. The highest BCUT2D eigenvalue weighted by Crippen LogP contribution is 2.35. The number of benzene rings is 2. The number of aryl methyl sites for hydroxylation is 1. The number of aromatic nitrogens is 2. The summed E-state index contributed by atoms with van der Waals surface area (Å²) in [6.07, 6.45) is 5.79. The second-order valence-corrected chi connectivity index (χ2v) is 7.03. The van der Waals surface area contributed by atoms with E-state index in [1.807, 2.05) is 28.8 Å². The minimum absolute atomic E-state index is 0.0174. The van der Waals surface area contributed by atoms with Gasteiger partial charge in [0, 0.05) is 25.5 Å². The van der Waals surface area contributed by atoms with Gasteiger partial charge in [-0.05, 0) is 42.2 Å². The lowest BCUT2D eigenvalue weighted by Crippen LogP contribution is -2.42. The Morgan fingerprint density at radius 2 is 2.04 bits per heavy atom. The molecule has 1 atom stereocenters. The lowest BCUT2D eigenvalue weighted by Gasteiger charge is -2.30. The molecule has 2 aromatic carbocycles. The molecule has 0 aliphatic heterocycles. The molecule has 0 saturated heterocycles. The predicted molar refractivity (Wildman–Crippen MR) is 103 cm³/mol. The molecular weight excluding hydrogens is 324 g/mol. The third kappa shape index (κ3) is 3.29. The molecule has 26 heavy (non-hydrogen) atoms. The molecule has 0 bridgehead atoms. The Morgan fingerprint density at radius 3 is 2.73 bits per heavy atom. The second-order valence-electron chi connectivity index (χ2n) is 7.03. The number of imidazole rings is 1. The Labute approximate surface area is 153 Å². The number of carbonyl (C=O) groups excluding carboxylic acids is 1. The van der Waals surface area contributed by atoms with Crippen molar-refractivity contribution in [2.45, 2.75) is 38.4 Å². The van der Waals surface area contributed by atoms with Crippen molar-refractivity contribution in [3.05, 3.63) is 66.2 Å². The van der Waals surface area contributed by atoms with E-state index in [9.17, 15) is 4.79 Å². The van der Waals surface area contributed by atoms with Crippen molar-refractivity contribution >= 4 is 16.8 Å². The zero-order valence-corrected chi connectivity index (χ0v) is 15.2. The highest BCUT2D eigenvalue weighted by Gasteiger charge is 2.36. The summed E-state index contributed by atoms with van der Waals surface area (Å²) >= 11 is 0. The Hall–Kier alpha value is -2.82. The normalized spacial score (nSPS) is 15.0. The predicted octanol–water partition coefficient (Wildman–Crippen LogP) is 4.01. The molecule has 1 aliphatic carbocycles. The largest absolute Gasteiger partial charge is 0.337 e. The van der Waals surface area contributed by atoms with Crippen LogP contribution in [0, 0.1) is 0 Å². The van der Waals surface area contributed by atoms with Crippen LogP contribution in [0.2, 0.25) is 0 Å². The highest BCUT2D eigenvalue weighted by atomic mass is 16.2. The molecule has 1 fully saturated rings. The van der Waals surface area contributed by atoms with Crippen LogP contribution in [-0.2, 0) is 13.6 Å². The van der Waals surface area contributed by atoms with Crippen LogP contribution in [0.15, 0.2) is 54.9 Å². The standard InChI is InChI=1S/C21H24N4O/c1-15(17-8-7-16-5-3-4-6-18(16)13-17)25(19-9-10-19)21(26)23-14-20-22-11-12-24(20)2/h3-8,11-13,15,19H,9-10,14H2,1-2H3,(H,23,26). The zero-order valence-electron chi connectivity index (χ0n) is 15.2. The van der Waals surface area contributed by atoms with Crippen molar-refractivity contribution in [1.29, 1.82) is 0 Å². The van der Waals surface area contributed by atoms with Gasteiger partial charge in [-0.25, -0.2) is 9.78 Å². The number of carbonyl (C=O) groups is 1. The highest BCUT2D eigenvalue weighted by molar-refractivity contribution is 5.83. The third-order valence-corrected chi connectivity index (χ3v) is 5.17. The minimum Gasteiger partial charge on any atom is -0.337 e. The zero-order chi connectivity index (χ0) is 18.1. The van der Waals surface area contributed by atoms with Gasteiger partial charge in [-0.3, -0.25) is 0 Å². The molecule has 1 aromatic heterocycles. The SMILES string of the molecule is CC(c1ccc2ccccc2c1)N(C(=O)NCc1nccn1C)C1CC1. The van der Waals surface area contributed by atoms with Crippen LogP contribution in [0.3, 0.4) is 0 Å². The monoisotopic (exact) mass is 348 g/mol. The first-order chi connectivity index (χ1) is 12.6. The summed E-state index contributed by atoms with van der Waals surface area (Å²) < 4.78 is 1.93. The molecule has 3 aromatic rings. The molecule has 0 spiro atoms. The summed E-state index contributed by atoms with van der Waals surface area (Å²) in [6.45, 7) is 2.55. The summed E-state index contributed by atoms with van der Waals surface area (Å²) in [5.41, 5.74) is 1.17. The van der Waals surface area contributed by atoms with E-state index in [-0.39, 0.29) is 12.1 Å². The topological polar surface area (TPSA) is 50.2 Å². The number of fused-ring (bicyclic) bond motifs is 1. The minimum atomic E-state index is -0.0174. The number of nitrogens with zero attached hydrogens (tertiary/aromatic N) is 3. The first-order valence-electron chi connectivity index (χ1n) is 9.14. The second kappa shape index (κ2) is 6.83. The lowest BCUT2D eigenvalue weighted by molar-refractivity contribution is 0.174. The molecule has 1 heterocycles. The number of nitrogens with one attached hydrogen (secondary N) is 1. The summed E-state index contributed by atoms with van der Waals surface area (Å²) in [5.74, 6) is 0.854. The van der Waals surface area contributed by atoms with Gasteiger partial charge in [0.25, 0.3) is 0 Å². The Kier molecular flexibility index (Phi) is 4.37. The number of urea groups is 1. The van der Waals surface area contributed by atoms with Gasteiger partial charge < -0.3 is 14.8 Å². The van der Waals surface area contributed by atoms with Gasteiger partial charge >= 0.3 is 6.03 Å². The van der Waals surface area contributed by atoms with Gasteiger partial charge in [0.2, 0.25) is 0 Å².